The molecule has 1 aromatic carbocycles. The molecule has 0 aliphatic carbocycles. The van der Waals surface area contributed by atoms with Crippen molar-refractivity contribution in [2.75, 3.05) is 11.9 Å². The lowest BCUT2D eigenvalue weighted by molar-refractivity contribution is -0.143. The maximum Gasteiger partial charge on any atom is 0.336 e. The summed E-state index contributed by atoms with van der Waals surface area (Å²) in [5.41, 5.74) is -0.0732. The number of carboxylic acids is 1. The number of nitrogens with zero attached hydrogens (tertiary/aromatic N) is 2. The quantitative estimate of drug-likeness (QED) is 0.484. The first-order chi connectivity index (χ1) is 13.9. The molecule has 0 saturated carbocycles. The second-order valence-electron chi connectivity index (χ2n) is 6.25. The van der Waals surface area contributed by atoms with Gasteiger partial charge >= 0.3 is 11.9 Å². The summed E-state index contributed by atoms with van der Waals surface area (Å²) in [6.45, 7) is 6.42. The van der Waals surface area contributed by atoms with E-state index >= 15 is 0 Å². The minimum Gasteiger partial charge on any atom is -0.478 e. The highest BCUT2D eigenvalue weighted by Gasteiger charge is 2.16. The molecule has 0 radical (unpaired) electrons. The van der Waals surface area contributed by atoms with Gasteiger partial charge in [0.25, 0.3) is 5.91 Å². The van der Waals surface area contributed by atoms with E-state index in [4.69, 9.17) is 9.84 Å². The number of aromatic carboxylic acids is 1. The third-order valence-corrected chi connectivity index (χ3v) is 3.85. The number of unbranched alkanes of at least 4 members (excludes halogenated alkanes) is 3. The van der Waals surface area contributed by atoms with Crippen LogP contribution in [0.25, 0.3) is 0 Å². The van der Waals surface area contributed by atoms with Crippen molar-refractivity contribution in [2.45, 2.75) is 53.0 Å². The van der Waals surface area contributed by atoms with Gasteiger partial charge in [0.1, 0.15) is 6.54 Å². The largest absolute Gasteiger partial charge is 0.478 e. The zero-order valence-corrected chi connectivity index (χ0v) is 17.2. The molecular weight excluding hydrogens is 374 g/mol. The molecular formula is C21H29N3O5. The predicted octanol–water partition coefficient (Wildman–Crippen LogP) is 3.98. The number of hydrogen-bond acceptors (Lipinski definition) is 5. The van der Waals surface area contributed by atoms with Crippen LogP contribution >= 0.6 is 0 Å². The number of rotatable bonds is 9. The maximum absolute atomic E-state index is 12.2. The minimum absolute atomic E-state index is 0.0254. The van der Waals surface area contributed by atoms with E-state index < -0.39 is 17.8 Å². The van der Waals surface area contributed by atoms with Crippen molar-refractivity contribution in [1.29, 1.82) is 0 Å². The van der Waals surface area contributed by atoms with Gasteiger partial charge in [-0.2, -0.15) is 0 Å². The average Bonchev–Trinajstić information content (AvgIpc) is 3.13. The standard InChI is InChI=1S/C15H15N3O5.C6H14/c1-2-23-13(19)8-18-7-12(16-9-18)17-14(20)10-5-3-4-6-11(10)15(21)22;1-3-5-6-4-2/h3-7,9H,2,8H2,1H3,(H,17,20)(H,21,22);3-6H2,1-2H3. The van der Waals surface area contributed by atoms with Crippen LogP contribution in [0.5, 0.6) is 0 Å². The summed E-state index contributed by atoms with van der Waals surface area (Å²) in [5, 5.41) is 11.6. The van der Waals surface area contributed by atoms with Crippen LogP contribution < -0.4 is 5.32 Å². The summed E-state index contributed by atoms with van der Waals surface area (Å²) >= 11 is 0. The normalized spacial score (nSPS) is 9.90. The van der Waals surface area contributed by atoms with Crippen molar-refractivity contribution >= 4 is 23.7 Å². The molecule has 2 N–H and O–H groups in total. The molecule has 0 spiro atoms. The van der Waals surface area contributed by atoms with Gasteiger partial charge in [-0.15, -0.1) is 0 Å². The molecule has 158 valence electrons. The van der Waals surface area contributed by atoms with Crippen LogP contribution in [0.2, 0.25) is 0 Å². The van der Waals surface area contributed by atoms with Crippen molar-refractivity contribution < 1.29 is 24.2 Å². The van der Waals surface area contributed by atoms with Crippen molar-refractivity contribution in [3.05, 3.63) is 47.9 Å². The first-order valence-electron chi connectivity index (χ1n) is 9.73. The number of esters is 1. The topological polar surface area (TPSA) is 111 Å². The van der Waals surface area contributed by atoms with Gasteiger partial charge in [0.2, 0.25) is 0 Å². The fourth-order valence-corrected chi connectivity index (χ4v) is 2.42. The molecule has 8 heteroatoms. The van der Waals surface area contributed by atoms with Gasteiger partial charge in [-0.1, -0.05) is 51.7 Å². The molecule has 2 aromatic rings. The summed E-state index contributed by atoms with van der Waals surface area (Å²) < 4.78 is 6.26. The minimum atomic E-state index is -1.19. The average molecular weight is 403 g/mol. The van der Waals surface area contributed by atoms with Crippen LogP contribution in [0.4, 0.5) is 5.82 Å². The lowest BCUT2D eigenvalue weighted by Crippen LogP contribution is -2.16. The van der Waals surface area contributed by atoms with Gasteiger partial charge in [-0.05, 0) is 19.1 Å². The Morgan fingerprint density at radius 3 is 2.24 bits per heavy atom. The monoisotopic (exact) mass is 403 g/mol. The van der Waals surface area contributed by atoms with Crippen LogP contribution in [0.1, 0.15) is 67.2 Å². The molecule has 8 nitrogen and oxygen atoms in total. The summed E-state index contributed by atoms with van der Waals surface area (Å²) in [6.07, 6.45) is 8.36. The lowest BCUT2D eigenvalue weighted by Gasteiger charge is -2.05. The van der Waals surface area contributed by atoms with E-state index in [-0.39, 0.29) is 30.1 Å². The predicted molar refractivity (Wildman–Crippen MR) is 110 cm³/mol. The number of amides is 1. The summed E-state index contributed by atoms with van der Waals surface area (Å²) in [5.74, 6) is -1.99. The number of aromatic nitrogens is 2. The Labute approximate surface area is 170 Å². The van der Waals surface area contributed by atoms with Crippen molar-refractivity contribution in [3.63, 3.8) is 0 Å². The third-order valence-electron chi connectivity index (χ3n) is 3.85. The summed E-state index contributed by atoms with van der Waals surface area (Å²) in [7, 11) is 0. The SMILES string of the molecule is CCCCCC.CCOC(=O)Cn1cnc(NC(=O)c2ccccc2C(=O)O)c1. The van der Waals surface area contributed by atoms with Gasteiger partial charge in [0.15, 0.2) is 5.82 Å². The molecule has 0 aliphatic heterocycles. The van der Waals surface area contributed by atoms with Crippen molar-refractivity contribution in [1.82, 2.24) is 9.55 Å². The number of nitrogens with one attached hydrogen (secondary N) is 1. The van der Waals surface area contributed by atoms with E-state index in [0.717, 1.165) is 0 Å². The highest BCUT2D eigenvalue weighted by atomic mass is 16.5. The summed E-state index contributed by atoms with van der Waals surface area (Å²) in [4.78, 5) is 38.6. The molecule has 1 aromatic heterocycles. The van der Waals surface area contributed by atoms with Gasteiger partial charge in [0, 0.05) is 6.20 Å². The first kappa shape index (κ1) is 23.9. The highest BCUT2D eigenvalue weighted by molar-refractivity contribution is 6.10. The Morgan fingerprint density at radius 2 is 1.69 bits per heavy atom. The highest BCUT2D eigenvalue weighted by Crippen LogP contribution is 2.12. The molecule has 0 unspecified atom stereocenters. The number of anilines is 1. The van der Waals surface area contributed by atoms with E-state index in [1.165, 1.54) is 61.0 Å². The zero-order valence-electron chi connectivity index (χ0n) is 17.2. The van der Waals surface area contributed by atoms with Crippen LogP contribution in [0.15, 0.2) is 36.8 Å². The molecule has 0 fully saturated rings. The Bertz CT molecular complexity index is 797. The van der Waals surface area contributed by atoms with Gasteiger partial charge in [-0.3, -0.25) is 9.59 Å². The fraction of sp³-hybridized carbons (Fsp3) is 0.429. The number of carboxylic acid groups (broad SMARTS) is 1. The summed E-state index contributed by atoms with van der Waals surface area (Å²) in [6, 6.07) is 5.86. The van der Waals surface area contributed by atoms with Gasteiger partial charge in [-0.25, -0.2) is 9.78 Å². The van der Waals surface area contributed by atoms with Crippen LogP contribution in [0, 0.1) is 0 Å². The third kappa shape index (κ3) is 8.59. The Hall–Kier alpha value is -3.16. The molecule has 0 atom stereocenters. The van der Waals surface area contributed by atoms with Crippen molar-refractivity contribution in [3.8, 4) is 0 Å². The number of carbonyl (C=O) groups excluding carboxylic acids is 2. The molecule has 2 rings (SSSR count). The molecule has 1 amide bonds. The molecule has 1 heterocycles. The van der Waals surface area contributed by atoms with E-state index in [1.54, 1.807) is 13.0 Å². The fourth-order valence-electron chi connectivity index (χ4n) is 2.42. The second kappa shape index (κ2) is 13.1. The number of benzene rings is 1. The number of carbonyl (C=O) groups is 3. The molecule has 0 saturated heterocycles. The second-order valence-corrected chi connectivity index (χ2v) is 6.25. The van der Waals surface area contributed by atoms with Gasteiger partial charge in [0.05, 0.1) is 24.1 Å². The van der Waals surface area contributed by atoms with Crippen LogP contribution in [-0.2, 0) is 16.1 Å². The van der Waals surface area contributed by atoms with Gasteiger partial charge < -0.3 is 19.7 Å². The first-order valence-corrected chi connectivity index (χ1v) is 9.73. The Kier molecular flexibility index (Phi) is 10.8. The van der Waals surface area contributed by atoms with E-state index in [2.05, 4.69) is 24.1 Å². The smallest absolute Gasteiger partial charge is 0.336 e. The van der Waals surface area contributed by atoms with E-state index in [9.17, 15) is 14.4 Å². The van der Waals surface area contributed by atoms with Crippen LogP contribution in [-0.4, -0.2) is 39.1 Å². The van der Waals surface area contributed by atoms with Crippen LogP contribution in [0.3, 0.4) is 0 Å². The number of imidazole rings is 1. The number of hydrogen-bond donors (Lipinski definition) is 2. The lowest BCUT2D eigenvalue weighted by atomic mass is 10.1. The Morgan fingerprint density at radius 1 is 1.07 bits per heavy atom. The van der Waals surface area contributed by atoms with Crippen molar-refractivity contribution in [2.24, 2.45) is 0 Å². The molecule has 0 aliphatic rings. The van der Waals surface area contributed by atoms with E-state index in [1.807, 2.05) is 0 Å². The zero-order chi connectivity index (χ0) is 21.6. The number of ether oxygens (including phenoxy) is 1. The maximum atomic E-state index is 12.2. The molecule has 29 heavy (non-hydrogen) atoms. The molecule has 0 bridgehead atoms. The Balaban J connectivity index is 0.000000612. The van der Waals surface area contributed by atoms with E-state index in [0.29, 0.717) is 0 Å².